The fraction of sp³-hybridized carbons (Fsp3) is 0.280. The standard InChI is InChI=1S/C25H22F2N4O3S/c26-25(27)15-30(16-25)14-24(8-9-24)34-20-6-4-17(5-7-20)19-11-28-23-22(12-29-31(23)13-19)18-2-1-3-21(10-18)35(32)33/h1-7,10-13H,8-9,14-16H2,(H,32,33). The van der Waals surface area contributed by atoms with Crippen LogP contribution in [0.5, 0.6) is 5.75 Å². The summed E-state index contributed by atoms with van der Waals surface area (Å²) in [5.41, 5.74) is 3.62. The van der Waals surface area contributed by atoms with Crippen LogP contribution in [-0.2, 0) is 11.1 Å². The van der Waals surface area contributed by atoms with Crippen molar-refractivity contribution in [3.8, 4) is 28.0 Å². The minimum atomic E-state index is -2.56. The molecule has 10 heteroatoms. The minimum Gasteiger partial charge on any atom is -0.486 e. The van der Waals surface area contributed by atoms with Crippen molar-refractivity contribution in [3.63, 3.8) is 0 Å². The molecule has 4 aromatic rings. The van der Waals surface area contributed by atoms with Crippen molar-refractivity contribution in [1.29, 1.82) is 0 Å². The molecule has 2 aromatic carbocycles. The first-order valence-corrected chi connectivity index (χ1v) is 12.3. The molecule has 1 aliphatic carbocycles. The summed E-state index contributed by atoms with van der Waals surface area (Å²) in [6.45, 7) is 0.159. The van der Waals surface area contributed by atoms with Crippen LogP contribution in [-0.4, -0.2) is 59.4 Å². The zero-order valence-corrected chi connectivity index (χ0v) is 19.4. The summed E-state index contributed by atoms with van der Waals surface area (Å²) in [6.07, 6.45) is 7.07. The maximum absolute atomic E-state index is 13.1. The molecule has 1 N–H and O–H groups in total. The van der Waals surface area contributed by atoms with Gasteiger partial charge in [-0.15, -0.1) is 0 Å². The van der Waals surface area contributed by atoms with Gasteiger partial charge in [0.25, 0.3) is 5.92 Å². The number of rotatable bonds is 7. The van der Waals surface area contributed by atoms with Gasteiger partial charge in [0.15, 0.2) is 16.7 Å². The van der Waals surface area contributed by atoms with E-state index in [1.165, 1.54) is 0 Å². The molecule has 0 radical (unpaired) electrons. The molecular formula is C25H22F2N4O3S. The van der Waals surface area contributed by atoms with Crippen LogP contribution in [0.1, 0.15) is 12.8 Å². The highest BCUT2D eigenvalue weighted by atomic mass is 32.2. The molecule has 0 spiro atoms. The van der Waals surface area contributed by atoms with Gasteiger partial charge in [0, 0.05) is 30.1 Å². The topological polar surface area (TPSA) is 80.0 Å². The number of fused-ring (bicyclic) bond motifs is 1. The molecule has 1 saturated carbocycles. The van der Waals surface area contributed by atoms with Gasteiger partial charge in [-0.3, -0.25) is 4.90 Å². The molecule has 2 aliphatic rings. The Balaban J connectivity index is 1.18. The lowest BCUT2D eigenvalue weighted by Crippen LogP contribution is -2.58. The van der Waals surface area contributed by atoms with Crippen LogP contribution >= 0.6 is 0 Å². The molecule has 1 unspecified atom stereocenters. The van der Waals surface area contributed by atoms with Crippen LogP contribution < -0.4 is 4.74 Å². The van der Waals surface area contributed by atoms with E-state index in [0.29, 0.717) is 17.1 Å². The van der Waals surface area contributed by atoms with E-state index in [0.717, 1.165) is 40.8 Å². The molecule has 0 amide bonds. The van der Waals surface area contributed by atoms with E-state index in [1.807, 2.05) is 36.5 Å². The summed E-state index contributed by atoms with van der Waals surface area (Å²) in [6, 6.07) is 14.5. The second-order valence-electron chi connectivity index (χ2n) is 9.26. The van der Waals surface area contributed by atoms with Gasteiger partial charge in [-0.25, -0.2) is 22.5 Å². The van der Waals surface area contributed by atoms with Crippen molar-refractivity contribution in [3.05, 3.63) is 67.1 Å². The smallest absolute Gasteiger partial charge is 0.272 e. The second kappa shape index (κ2) is 8.18. The summed E-state index contributed by atoms with van der Waals surface area (Å²) >= 11 is -2.06. The molecule has 2 fully saturated rings. The normalized spacial score (nSPS) is 19.3. The quantitative estimate of drug-likeness (QED) is 0.380. The van der Waals surface area contributed by atoms with Crippen LogP contribution in [0.25, 0.3) is 27.9 Å². The lowest BCUT2D eigenvalue weighted by Gasteiger charge is -2.40. The van der Waals surface area contributed by atoms with E-state index in [-0.39, 0.29) is 18.7 Å². The number of aromatic nitrogens is 3. The molecule has 1 atom stereocenters. The highest BCUT2D eigenvalue weighted by molar-refractivity contribution is 7.79. The summed E-state index contributed by atoms with van der Waals surface area (Å²) in [5, 5.41) is 4.41. The van der Waals surface area contributed by atoms with Gasteiger partial charge < -0.3 is 9.29 Å². The van der Waals surface area contributed by atoms with Gasteiger partial charge in [-0.1, -0.05) is 24.3 Å². The largest absolute Gasteiger partial charge is 0.486 e. The first-order chi connectivity index (χ1) is 16.8. The lowest BCUT2D eigenvalue weighted by molar-refractivity contribution is -0.139. The number of ether oxygens (including phenoxy) is 1. The predicted octanol–water partition coefficient (Wildman–Crippen LogP) is 4.51. The van der Waals surface area contributed by atoms with E-state index >= 15 is 0 Å². The third kappa shape index (κ3) is 4.44. The number of nitrogens with zero attached hydrogens (tertiary/aromatic N) is 4. The Morgan fingerprint density at radius 2 is 1.80 bits per heavy atom. The van der Waals surface area contributed by atoms with Gasteiger partial charge in [0.05, 0.1) is 24.2 Å². The van der Waals surface area contributed by atoms with Gasteiger partial charge >= 0.3 is 0 Å². The number of hydrogen-bond donors (Lipinski definition) is 1. The number of likely N-dealkylation sites (tertiary alicyclic amines) is 1. The Kier molecular flexibility index (Phi) is 5.21. The van der Waals surface area contributed by atoms with Crippen molar-refractivity contribution in [2.45, 2.75) is 29.3 Å². The highest BCUT2D eigenvalue weighted by Gasteiger charge is 2.52. The third-order valence-corrected chi connectivity index (χ3v) is 7.11. The first-order valence-electron chi connectivity index (χ1n) is 11.2. The highest BCUT2D eigenvalue weighted by Crippen LogP contribution is 2.43. The second-order valence-corrected chi connectivity index (χ2v) is 10.2. The number of alkyl halides is 2. The zero-order chi connectivity index (χ0) is 24.2. The predicted molar refractivity (Wildman–Crippen MR) is 127 cm³/mol. The van der Waals surface area contributed by atoms with E-state index in [2.05, 4.69) is 10.1 Å². The van der Waals surface area contributed by atoms with Crippen LogP contribution in [0.2, 0.25) is 0 Å². The molecule has 0 bridgehead atoms. The zero-order valence-electron chi connectivity index (χ0n) is 18.6. The molecule has 2 aromatic heterocycles. The average Bonchev–Trinajstić information content (AvgIpc) is 3.44. The lowest BCUT2D eigenvalue weighted by atomic mass is 10.1. The number of hydrogen-bond acceptors (Lipinski definition) is 5. The Morgan fingerprint density at radius 3 is 2.49 bits per heavy atom. The molecule has 1 aliphatic heterocycles. The number of benzene rings is 2. The van der Waals surface area contributed by atoms with Gasteiger partial charge in [0.1, 0.15) is 11.4 Å². The fourth-order valence-corrected chi connectivity index (χ4v) is 4.95. The van der Waals surface area contributed by atoms with Crippen molar-refractivity contribution in [1.82, 2.24) is 19.5 Å². The van der Waals surface area contributed by atoms with E-state index < -0.39 is 17.0 Å². The molecule has 35 heavy (non-hydrogen) atoms. The SMILES string of the molecule is O=S(O)c1cccc(-c2cnn3cc(-c4ccc(OC5(CN6CC(F)(F)C6)CC5)cc4)cnc23)c1. The third-order valence-electron chi connectivity index (χ3n) is 6.45. The van der Waals surface area contributed by atoms with Crippen molar-refractivity contribution in [2.75, 3.05) is 19.6 Å². The Hall–Kier alpha value is -3.21. The summed E-state index contributed by atoms with van der Waals surface area (Å²) in [4.78, 5) is 6.65. The maximum atomic E-state index is 13.1. The van der Waals surface area contributed by atoms with Gasteiger partial charge in [0.2, 0.25) is 0 Å². The Morgan fingerprint density at radius 1 is 1.03 bits per heavy atom. The van der Waals surface area contributed by atoms with Crippen LogP contribution in [0, 0.1) is 0 Å². The summed E-state index contributed by atoms with van der Waals surface area (Å²) in [7, 11) is 0. The Labute approximate surface area is 202 Å². The van der Waals surface area contributed by atoms with Crippen molar-refractivity contribution in [2.24, 2.45) is 0 Å². The fourth-order valence-electron chi connectivity index (χ4n) is 4.52. The summed E-state index contributed by atoms with van der Waals surface area (Å²) in [5.74, 6) is -1.85. The number of halogens is 2. The van der Waals surface area contributed by atoms with Crippen LogP contribution in [0.15, 0.2) is 72.0 Å². The van der Waals surface area contributed by atoms with Crippen LogP contribution in [0.3, 0.4) is 0 Å². The maximum Gasteiger partial charge on any atom is 0.272 e. The Bertz CT molecular complexity index is 1430. The van der Waals surface area contributed by atoms with Crippen molar-refractivity contribution < 1.29 is 22.3 Å². The van der Waals surface area contributed by atoms with Crippen LogP contribution in [0.4, 0.5) is 8.78 Å². The molecule has 180 valence electrons. The molecule has 3 heterocycles. The molecule has 6 rings (SSSR count). The molecular weight excluding hydrogens is 474 g/mol. The monoisotopic (exact) mass is 496 g/mol. The average molecular weight is 497 g/mol. The van der Waals surface area contributed by atoms with Gasteiger partial charge in [-0.05, 0) is 48.2 Å². The van der Waals surface area contributed by atoms with E-state index in [4.69, 9.17) is 4.74 Å². The first kappa shape index (κ1) is 22.3. The molecule has 1 saturated heterocycles. The minimum absolute atomic E-state index is 0.186. The summed E-state index contributed by atoms with van der Waals surface area (Å²) < 4.78 is 54.9. The van der Waals surface area contributed by atoms with E-state index in [1.54, 1.807) is 40.0 Å². The molecule has 7 nitrogen and oxygen atoms in total. The van der Waals surface area contributed by atoms with Crippen molar-refractivity contribution >= 4 is 16.7 Å². The van der Waals surface area contributed by atoms with E-state index in [9.17, 15) is 17.5 Å². The van der Waals surface area contributed by atoms with Gasteiger partial charge in [-0.2, -0.15) is 5.10 Å².